The van der Waals surface area contributed by atoms with Crippen molar-refractivity contribution in [3.8, 4) is 11.4 Å². The molecule has 0 radical (unpaired) electrons. The molecule has 0 bridgehead atoms. The Balaban J connectivity index is 1.95. The van der Waals surface area contributed by atoms with Crippen molar-refractivity contribution in [1.29, 1.82) is 0 Å². The number of benzene rings is 1. The zero-order valence-corrected chi connectivity index (χ0v) is 14.5. The van der Waals surface area contributed by atoms with E-state index in [-0.39, 0.29) is 17.4 Å². The maximum absolute atomic E-state index is 12.2. The second-order valence-electron chi connectivity index (χ2n) is 5.31. The summed E-state index contributed by atoms with van der Waals surface area (Å²) in [6, 6.07) is 5.91. The highest BCUT2D eigenvalue weighted by molar-refractivity contribution is 5.93. The van der Waals surface area contributed by atoms with E-state index in [0.29, 0.717) is 37.6 Å². The van der Waals surface area contributed by atoms with Crippen LogP contribution in [0.4, 0.5) is 8.78 Å². The summed E-state index contributed by atoms with van der Waals surface area (Å²) in [4.78, 5) is 12.2. The van der Waals surface area contributed by atoms with Gasteiger partial charge in [0.1, 0.15) is 5.75 Å². The Kier molecular flexibility index (Phi) is 7.42. The summed E-state index contributed by atoms with van der Waals surface area (Å²) in [5.41, 5.74) is 1.32. The van der Waals surface area contributed by atoms with E-state index in [1.165, 1.54) is 16.8 Å². The van der Waals surface area contributed by atoms with Crippen molar-refractivity contribution in [2.45, 2.75) is 13.5 Å². The van der Waals surface area contributed by atoms with Crippen LogP contribution in [0.3, 0.4) is 0 Å². The molecule has 1 heterocycles. The molecule has 0 saturated carbocycles. The topological polar surface area (TPSA) is 90.3 Å². The lowest BCUT2D eigenvalue weighted by Gasteiger charge is -2.07. The molecular formula is C16H21F2N5O3. The van der Waals surface area contributed by atoms with Gasteiger partial charge in [0.25, 0.3) is 5.91 Å². The summed E-state index contributed by atoms with van der Waals surface area (Å²) in [6.45, 7) is 1.17. The van der Waals surface area contributed by atoms with Gasteiger partial charge in [-0.1, -0.05) is 5.21 Å². The predicted octanol–water partition coefficient (Wildman–Crippen LogP) is 1.14. The SMILES string of the molecule is COCCNCCNC(=O)c1nnn(-c2ccc(OC(F)F)cc2)c1C. The highest BCUT2D eigenvalue weighted by Crippen LogP contribution is 2.18. The molecule has 10 heteroatoms. The average Bonchev–Trinajstić information content (AvgIpc) is 2.99. The third kappa shape index (κ3) is 5.46. The minimum atomic E-state index is -2.88. The second-order valence-corrected chi connectivity index (χ2v) is 5.31. The zero-order valence-electron chi connectivity index (χ0n) is 14.5. The summed E-state index contributed by atoms with van der Waals surface area (Å²) in [7, 11) is 1.62. The number of aromatic nitrogens is 3. The molecule has 2 N–H and O–H groups in total. The van der Waals surface area contributed by atoms with Crippen LogP contribution in [0.25, 0.3) is 5.69 Å². The van der Waals surface area contributed by atoms with Crippen LogP contribution in [0, 0.1) is 6.92 Å². The number of hydrogen-bond donors (Lipinski definition) is 2. The lowest BCUT2D eigenvalue weighted by molar-refractivity contribution is -0.0498. The van der Waals surface area contributed by atoms with E-state index in [0.717, 1.165) is 0 Å². The Bertz CT molecular complexity index is 706. The molecule has 0 atom stereocenters. The molecule has 26 heavy (non-hydrogen) atoms. The molecule has 0 aliphatic heterocycles. The summed E-state index contributed by atoms with van der Waals surface area (Å²) in [6.07, 6.45) is 0. The normalized spacial score (nSPS) is 11.0. The van der Waals surface area contributed by atoms with E-state index in [9.17, 15) is 13.6 Å². The van der Waals surface area contributed by atoms with Crippen LogP contribution in [-0.4, -0.2) is 60.9 Å². The van der Waals surface area contributed by atoms with Gasteiger partial charge in [0.05, 0.1) is 18.0 Å². The summed E-state index contributed by atoms with van der Waals surface area (Å²) >= 11 is 0. The summed E-state index contributed by atoms with van der Waals surface area (Å²) < 4.78 is 35.0. The van der Waals surface area contributed by atoms with Gasteiger partial charge in [-0.05, 0) is 31.2 Å². The standard InChI is InChI=1S/C16H21F2N5O3/c1-11-14(15(24)20-8-7-19-9-10-25-2)21-22-23(11)12-3-5-13(6-4-12)26-16(17)18/h3-6,16,19H,7-10H2,1-2H3,(H,20,24). The van der Waals surface area contributed by atoms with E-state index in [4.69, 9.17) is 4.74 Å². The molecule has 1 amide bonds. The largest absolute Gasteiger partial charge is 0.435 e. The van der Waals surface area contributed by atoms with Crippen molar-refractivity contribution in [3.63, 3.8) is 0 Å². The average molecular weight is 369 g/mol. The fraction of sp³-hybridized carbons (Fsp3) is 0.438. The molecule has 0 aliphatic rings. The molecule has 142 valence electrons. The van der Waals surface area contributed by atoms with Gasteiger partial charge in [0.2, 0.25) is 0 Å². The van der Waals surface area contributed by atoms with Crippen molar-refractivity contribution < 1.29 is 23.0 Å². The van der Waals surface area contributed by atoms with Crippen LogP contribution < -0.4 is 15.4 Å². The van der Waals surface area contributed by atoms with Crippen molar-refractivity contribution in [3.05, 3.63) is 35.7 Å². The minimum absolute atomic E-state index is 0.0421. The Labute approximate surface area is 149 Å². The van der Waals surface area contributed by atoms with Gasteiger partial charge >= 0.3 is 6.61 Å². The van der Waals surface area contributed by atoms with Crippen LogP contribution in [0.2, 0.25) is 0 Å². The number of alkyl halides is 2. The molecule has 2 rings (SSSR count). The monoisotopic (exact) mass is 369 g/mol. The number of carbonyl (C=O) groups is 1. The van der Waals surface area contributed by atoms with Gasteiger partial charge < -0.3 is 20.1 Å². The van der Waals surface area contributed by atoms with Crippen molar-refractivity contribution >= 4 is 5.91 Å². The molecule has 0 spiro atoms. The molecular weight excluding hydrogens is 348 g/mol. The third-order valence-electron chi connectivity index (χ3n) is 3.49. The highest BCUT2D eigenvalue weighted by Gasteiger charge is 2.17. The number of hydrogen-bond acceptors (Lipinski definition) is 6. The molecule has 0 saturated heterocycles. The Morgan fingerprint density at radius 3 is 2.62 bits per heavy atom. The number of carbonyl (C=O) groups excluding carboxylic acids is 1. The Morgan fingerprint density at radius 2 is 1.96 bits per heavy atom. The van der Waals surface area contributed by atoms with Crippen molar-refractivity contribution in [2.75, 3.05) is 33.4 Å². The fourth-order valence-electron chi connectivity index (χ4n) is 2.20. The van der Waals surface area contributed by atoms with Gasteiger partial charge in [0.15, 0.2) is 5.69 Å². The predicted molar refractivity (Wildman–Crippen MR) is 89.8 cm³/mol. The van der Waals surface area contributed by atoms with Crippen molar-refractivity contribution in [1.82, 2.24) is 25.6 Å². The van der Waals surface area contributed by atoms with Gasteiger partial charge in [-0.15, -0.1) is 5.10 Å². The Morgan fingerprint density at radius 1 is 1.23 bits per heavy atom. The lowest BCUT2D eigenvalue weighted by Crippen LogP contribution is -2.33. The molecule has 0 unspecified atom stereocenters. The van der Waals surface area contributed by atoms with Crippen LogP contribution in [0.1, 0.15) is 16.2 Å². The molecule has 0 aliphatic carbocycles. The smallest absolute Gasteiger partial charge is 0.387 e. The van der Waals surface area contributed by atoms with Gasteiger partial charge in [-0.25, -0.2) is 4.68 Å². The van der Waals surface area contributed by atoms with Crippen LogP contribution >= 0.6 is 0 Å². The summed E-state index contributed by atoms with van der Waals surface area (Å²) in [5, 5.41) is 13.7. The quantitative estimate of drug-likeness (QED) is 0.611. The lowest BCUT2D eigenvalue weighted by atomic mass is 10.2. The van der Waals surface area contributed by atoms with E-state index in [1.54, 1.807) is 26.2 Å². The maximum Gasteiger partial charge on any atom is 0.387 e. The van der Waals surface area contributed by atoms with Gasteiger partial charge in [-0.3, -0.25) is 4.79 Å². The first-order chi connectivity index (χ1) is 12.5. The van der Waals surface area contributed by atoms with Crippen molar-refractivity contribution in [2.24, 2.45) is 0 Å². The highest BCUT2D eigenvalue weighted by atomic mass is 19.3. The van der Waals surface area contributed by atoms with E-state index in [1.807, 2.05) is 0 Å². The molecule has 1 aromatic carbocycles. The minimum Gasteiger partial charge on any atom is -0.435 e. The number of methoxy groups -OCH3 is 1. The molecule has 1 aromatic heterocycles. The van der Waals surface area contributed by atoms with Crippen LogP contribution in [-0.2, 0) is 4.74 Å². The molecule has 2 aromatic rings. The number of halogens is 2. The third-order valence-corrected chi connectivity index (χ3v) is 3.49. The molecule has 0 fully saturated rings. The van der Waals surface area contributed by atoms with E-state index in [2.05, 4.69) is 25.7 Å². The number of nitrogens with one attached hydrogen (secondary N) is 2. The number of nitrogens with zero attached hydrogens (tertiary/aromatic N) is 3. The first-order valence-electron chi connectivity index (χ1n) is 7.98. The fourth-order valence-corrected chi connectivity index (χ4v) is 2.20. The van der Waals surface area contributed by atoms with Crippen LogP contribution in [0.5, 0.6) is 5.75 Å². The zero-order chi connectivity index (χ0) is 18.9. The first-order valence-corrected chi connectivity index (χ1v) is 7.98. The van der Waals surface area contributed by atoms with E-state index < -0.39 is 6.61 Å². The van der Waals surface area contributed by atoms with Gasteiger partial charge in [0, 0.05) is 26.7 Å². The Hall–Kier alpha value is -2.59. The number of ether oxygens (including phenoxy) is 2. The molecule has 8 nitrogen and oxygen atoms in total. The summed E-state index contributed by atoms with van der Waals surface area (Å²) in [5.74, 6) is -0.291. The number of rotatable bonds is 10. The van der Waals surface area contributed by atoms with Crippen LogP contribution in [0.15, 0.2) is 24.3 Å². The first kappa shape index (κ1) is 19.7. The second kappa shape index (κ2) is 9.78. The van der Waals surface area contributed by atoms with Gasteiger partial charge in [-0.2, -0.15) is 8.78 Å². The maximum atomic E-state index is 12.2. The number of amides is 1. The van der Waals surface area contributed by atoms with E-state index >= 15 is 0 Å².